The Balaban J connectivity index is -0.0000000310. The molecule has 0 aromatic carbocycles. The van der Waals surface area contributed by atoms with E-state index >= 15 is 0 Å². The maximum absolute atomic E-state index is 8.74. The summed E-state index contributed by atoms with van der Waals surface area (Å²) in [6.45, 7) is 11.5. The molecule has 0 rings (SSSR count). The van der Waals surface area contributed by atoms with Crippen LogP contribution in [0.25, 0.3) is 0 Å². The van der Waals surface area contributed by atoms with Crippen molar-refractivity contribution in [2.75, 3.05) is 33.0 Å². The van der Waals surface area contributed by atoms with Crippen molar-refractivity contribution < 1.29 is 37.6 Å². The molecule has 132 valence electrons. The predicted molar refractivity (Wildman–Crippen MR) is 79.6 cm³/mol. The fourth-order valence-electron chi connectivity index (χ4n) is 0.204. The highest BCUT2D eigenvalue weighted by Crippen LogP contribution is 1.64. The molecule has 0 bridgehead atoms. The minimum absolute atomic E-state index is 0. The van der Waals surface area contributed by atoms with Gasteiger partial charge in [-0.25, -0.2) is 0 Å². The lowest BCUT2D eigenvalue weighted by Crippen LogP contribution is -1.89. The van der Waals surface area contributed by atoms with Crippen molar-refractivity contribution in [1.82, 2.24) is 6.15 Å². The van der Waals surface area contributed by atoms with Gasteiger partial charge in [0.25, 0.3) is 0 Å². The normalized spacial score (nSPS) is 7.70. The molecule has 0 spiro atoms. The minimum atomic E-state index is -4.67. The van der Waals surface area contributed by atoms with Gasteiger partial charge in [-0.2, -0.15) is 8.42 Å². The molecule has 0 saturated heterocycles. The lowest BCUT2D eigenvalue weighted by atomic mass is 10.8. The SMILES string of the molecule is CCO.CCO.CCO.CCOCC.N.O=S(=O)(O)O. The molecule has 8 N–H and O–H groups in total. The van der Waals surface area contributed by atoms with E-state index in [1.165, 1.54) is 0 Å². The van der Waals surface area contributed by atoms with Crippen molar-refractivity contribution in [2.45, 2.75) is 34.6 Å². The first-order valence-corrected chi connectivity index (χ1v) is 7.16. The van der Waals surface area contributed by atoms with E-state index in [2.05, 4.69) is 0 Å². The van der Waals surface area contributed by atoms with Gasteiger partial charge in [0.05, 0.1) is 0 Å². The second-order valence-electron chi connectivity index (χ2n) is 2.18. The van der Waals surface area contributed by atoms with Crippen LogP contribution in [0.4, 0.5) is 0 Å². The Bertz CT molecular complexity index is 173. The van der Waals surface area contributed by atoms with Crippen LogP contribution in [-0.2, 0) is 15.1 Å². The molecular weight excluding hydrogens is 294 g/mol. The Labute approximate surface area is 122 Å². The maximum atomic E-state index is 8.74. The van der Waals surface area contributed by atoms with Gasteiger partial charge in [-0.1, -0.05) is 0 Å². The van der Waals surface area contributed by atoms with Crippen LogP contribution in [0.1, 0.15) is 34.6 Å². The van der Waals surface area contributed by atoms with Crippen LogP contribution in [0.3, 0.4) is 0 Å². The highest BCUT2D eigenvalue weighted by Gasteiger charge is 1.84. The van der Waals surface area contributed by atoms with Gasteiger partial charge in [0.2, 0.25) is 0 Å². The van der Waals surface area contributed by atoms with Crippen LogP contribution in [0.5, 0.6) is 0 Å². The summed E-state index contributed by atoms with van der Waals surface area (Å²) in [6, 6.07) is 0. The highest BCUT2D eigenvalue weighted by atomic mass is 32.3. The number of rotatable bonds is 2. The molecule has 0 aliphatic carbocycles. The predicted octanol–water partition coefficient (Wildman–Crippen LogP) is 0.548. The highest BCUT2D eigenvalue weighted by molar-refractivity contribution is 7.79. The third kappa shape index (κ3) is 1760. The number of aliphatic hydroxyl groups is 3. The van der Waals surface area contributed by atoms with E-state index < -0.39 is 10.4 Å². The third-order valence-corrected chi connectivity index (χ3v) is 0.408. The Morgan fingerprint density at radius 1 is 0.750 bits per heavy atom. The molecule has 0 atom stereocenters. The van der Waals surface area contributed by atoms with Crippen LogP contribution < -0.4 is 6.15 Å². The maximum Gasteiger partial charge on any atom is 0.394 e. The fourth-order valence-corrected chi connectivity index (χ4v) is 0.204. The van der Waals surface area contributed by atoms with Crippen molar-refractivity contribution in [3.63, 3.8) is 0 Å². The standard InChI is InChI=1S/C4H10O.3C2H6O.H3N.H2O4S/c1-3-5-4-2;3*1-2-3;;1-5(2,3)4/h3-4H2,1-2H3;3*3H,2H2,1H3;1H3;(H2,1,2,3,4). The number of hydrogen-bond acceptors (Lipinski definition) is 7. The molecule has 0 saturated carbocycles. The Hall–Kier alpha value is -0.330. The molecule has 9 nitrogen and oxygen atoms in total. The van der Waals surface area contributed by atoms with Crippen molar-refractivity contribution in [3.05, 3.63) is 0 Å². The summed E-state index contributed by atoms with van der Waals surface area (Å²) in [5, 5.41) is 22.7. The topological polar surface area (TPSA) is 180 Å². The van der Waals surface area contributed by atoms with Crippen molar-refractivity contribution in [3.8, 4) is 0 Å². The minimum Gasteiger partial charge on any atom is -0.397 e. The molecule has 0 aliphatic rings. The first-order chi connectivity index (χ1) is 8.66. The molecule has 0 radical (unpaired) electrons. The third-order valence-electron chi connectivity index (χ3n) is 0.408. The van der Waals surface area contributed by atoms with Crippen LogP contribution in [0.15, 0.2) is 0 Å². The van der Waals surface area contributed by atoms with E-state index in [4.69, 9.17) is 37.6 Å². The number of hydrogen-bond donors (Lipinski definition) is 6. The van der Waals surface area contributed by atoms with Gasteiger partial charge in [-0.15, -0.1) is 0 Å². The van der Waals surface area contributed by atoms with Gasteiger partial charge in [-0.3, -0.25) is 9.11 Å². The monoisotopic (exact) mass is 327 g/mol. The second kappa shape index (κ2) is 42.8. The zero-order chi connectivity index (χ0) is 16.7. The van der Waals surface area contributed by atoms with Gasteiger partial charge in [0.15, 0.2) is 0 Å². The van der Waals surface area contributed by atoms with Crippen molar-refractivity contribution in [2.24, 2.45) is 0 Å². The second-order valence-corrected chi connectivity index (χ2v) is 3.07. The first kappa shape index (κ1) is 36.7. The molecule has 0 heterocycles. The smallest absolute Gasteiger partial charge is 0.394 e. The largest absolute Gasteiger partial charge is 0.397 e. The Morgan fingerprint density at radius 2 is 0.850 bits per heavy atom. The van der Waals surface area contributed by atoms with E-state index in [1.807, 2.05) is 13.8 Å². The van der Waals surface area contributed by atoms with Gasteiger partial charge >= 0.3 is 10.4 Å². The van der Waals surface area contributed by atoms with Crippen LogP contribution in [0.2, 0.25) is 0 Å². The zero-order valence-corrected chi connectivity index (χ0v) is 13.9. The molecule has 0 amide bonds. The van der Waals surface area contributed by atoms with Crippen LogP contribution in [0, 0.1) is 0 Å². The van der Waals surface area contributed by atoms with E-state index in [9.17, 15) is 0 Å². The Morgan fingerprint density at radius 3 is 0.850 bits per heavy atom. The summed E-state index contributed by atoms with van der Waals surface area (Å²) >= 11 is 0. The molecular formula is C10H33NO8S. The number of ether oxygens (including phenoxy) is 1. The lowest BCUT2D eigenvalue weighted by Gasteiger charge is -1.86. The first-order valence-electron chi connectivity index (χ1n) is 5.76. The fraction of sp³-hybridized carbons (Fsp3) is 1.00. The van der Waals surface area contributed by atoms with Gasteiger partial charge in [0, 0.05) is 33.0 Å². The summed E-state index contributed by atoms with van der Waals surface area (Å²) in [4.78, 5) is 0. The summed E-state index contributed by atoms with van der Waals surface area (Å²) < 4.78 is 36.4. The number of aliphatic hydroxyl groups excluding tert-OH is 3. The van der Waals surface area contributed by atoms with Gasteiger partial charge in [0.1, 0.15) is 0 Å². The van der Waals surface area contributed by atoms with Crippen LogP contribution in [-0.4, -0.2) is 65.9 Å². The summed E-state index contributed by atoms with van der Waals surface area (Å²) in [6.07, 6.45) is 0. The zero-order valence-electron chi connectivity index (χ0n) is 13.1. The molecule has 10 heteroatoms. The molecule has 0 unspecified atom stereocenters. The average molecular weight is 327 g/mol. The van der Waals surface area contributed by atoms with Crippen molar-refractivity contribution in [1.29, 1.82) is 0 Å². The van der Waals surface area contributed by atoms with E-state index in [0.717, 1.165) is 13.2 Å². The molecule has 0 aliphatic heterocycles. The van der Waals surface area contributed by atoms with Crippen molar-refractivity contribution >= 4 is 10.4 Å². The van der Waals surface area contributed by atoms with E-state index in [0.29, 0.717) is 0 Å². The summed E-state index contributed by atoms with van der Waals surface area (Å²) in [5.74, 6) is 0. The summed E-state index contributed by atoms with van der Waals surface area (Å²) in [5.41, 5.74) is 0. The lowest BCUT2D eigenvalue weighted by molar-refractivity contribution is 0.162. The Kier molecular flexibility index (Phi) is 78.5. The molecule has 0 fully saturated rings. The molecule has 0 aromatic heterocycles. The quantitative estimate of drug-likeness (QED) is 0.395. The van der Waals surface area contributed by atoms with Crippen LogP contribution >= 0.6 is 0 Å². The summed E-state index contributed by atoms with van der Waals surface area (Å²) in [7, 11) is -4.67. The van der Waals surface area contributed by atoms with E-state index in [-0.39, 0.29) is 26.0 Å². The molecule has 20 heavy (non-hydrogen) atoms. The van der Waals surface area contributed by atoms with E-state index in [1.54, 1.807) is 20.8 Å². The van der Waals surface area contributed by atoms with Gasteiger partial charge < -0.3 is 26.2 Å². The van der Waals surface area contributed by atoms with Gasteiger partial charge in [-0.05, 0) is 34.6 Å². The average Bonchev–Trinajstić information content (AvgIpc) is 2.19. The molecule has 0 aromatic rings.